The van der Waals surface area contributed by atoms with Gasteiger partial charge in [-0.15, -0.1) is 0 Å². The molecule has 0 aliphatic heterocycles. The fraction of sp³-hybridized carbons (Fsp3) is 0.263. The number of nitrogens with zero attached hydrogens (tertiary/aromatic N) is 1. The van der Waals surface area contributed by atoms with Crippen molar-refractivity contribution in [2.24, 2.45) is 5.41 Å². The molecule has 26 heavy (non-hydrogen) atoms. The molecule has 1 aliphatic carbocycles. The van der Waals surface area contributed by atoms with E-state index in [1.54, 1.807) is 24.4 Å². The van der Waals surface area contributed by atoms with Crippen LogP contribution in [0.3, 0.4) is 0 Å². The number of aromatic nitrogens is 2. The number of hydrogen-bond donors (Lipinski definition) is 2. The minimum Gasteiger partial charge on any atom is -0.481 e. The number of fused-ring (bicyclic) bond motifs is 1. The minimum absolute atomic E-state index is 0.363. The van der Waals surface area contributed by atoms with Gasteiger partial charge in [-0.3, -0.25) is 9.78 Å². The Morgan fingerprint density at radius 1 is 1.23 bits per heavy atom. The fourth-order valence-electron chi connectivity index (χ4n) is 3.16. The van der Waals surface area contributed by atoms with E-state index in [0.29, 0.717) is 41.7 Å². The predicted molar refractivity (Wildman–Crippen MR) is 89.5 cm³/mol. The van der Waals surface area contributed by atoms with Crippen LogP contribution in [0.5, 0.6) is 0 Å². The Labute approximate surface area is 146 Å². The van der Waals surface area contributed by atoms with Crippen molar-refractivity contribution in [3.63, 3.8) is 0 Å². The summed E-state index contributed by atoms with van der Waals surface area (Å²) < 4.78 is 38.7. The molecule has 7 heteroatoms. The van der Waals surface area contributed by atoms with E-state index in [9.17, 15) is 23.1 Å². The van der Waals surface area contributed by atoms with Crippen LogP contribution in [0.15, 0.2) is 42.6 Å². The highest BCUT2D eigenvalue weighted by Gasteiger charge is 2.50. The zero-order valence-corrected chi connectivity index (χ0v) is 13.6. The van der Waals surface area contributed by atoms with Crippen LogP contribution in [-0.4, -0.2) is 21.0 Å². The molecule has 0 bridgehead atoms. The smallest absolute Gasteiger partial charge is 0.416 e. The van der Waals surface area contributed by atoms with Gasteiger partial charge in [0.05, 0.1) is 22.7 Å². The number of H-pyrrole nitrogens is 1. The molecule has 0 radical (unpaired) electrons. The summed E-state index contributed by atoms with van der Waals surface area (Å²) in [6.45, 7) is 0. The maximum atomic E-state index is 12.9. The summed E-state index contributed by atoms with van der Waals surface area (Å²) in [6, 6.07) is 8.67. The molecule has 2 N–H and O–H groups in total. The number of carbonyl (C=O) groups is 1. The third-order valence-corrected chi connectivity index (χ3v) is 4.89. The first-order valence-electron chi connectivity index (χ1n) is 8.16. The Morgan fingerprint density at radius 2 is 2.00 bits per heavy atom. The van der Waals surface area contributed by atoms with Gasteiger partial charge in [-0.1, -0.05) is 12.1 Å². The van der Waals surface area contributed by atoms with E-state index in [4.69, 9.17) is 0 Å². The van der Waals surface area contributed by atoms with Crippen molar-refractivity contribution in [2.75, 3.05) is 0 Å². The van der Waals surface area contributed by atoms with Crippen molar-refractivity contribution in [3.8, 4) is 11.3 Å². The van der Waals surface area contributed by atoms with E-state index < -0.39 is 23.1 Å². The van der Waals surface area contributed by atoms with Crippen LogP contribution >= 0.6 is 0 Å². The summed E-state index contributed by atoms with van der Waals surface area (Å²) in [4.78, 5) is 18.7. The van der Waals surface area contributed by atoms with Crippen LogP contribution in [-0.2, 0) is 17.4 Å². The maximum absolute atomic E-state index is 12.9. The third kappa shape index (κ3) is 2.94. The van der Waals surface area contributed by atoms with Gasteiger partial charge in [0.25, 0.3) is 0 Å². The number of hydrogen-bond acceptors (Lipinski definition) is 2. The number of halogens is 3. The first kappa shape index (κ1) is 16.6. The minimum atomic E-state index is -4.40. The van der Waals surface area contributed by atoms with E-state index in [2.05, 4.69) is 9.97 Å². The molecule has 1 saturated carbocycles. The summed E-state index contributed by atoms with van der Waals surface area (Å²) in [5.74, 6) is -0.807. The average molecular weight is 360 g/mol. The van der Waals surface area contributed by atoms with Gasteiger partial charge in [-0.25, -0.2) is 0 Å². The maximum Gasteiger partial charge on any atom is 0.416 e. The number of aromatic amines is 1. The molecule has 2 aromatic heterocycles. The van der Waals surface area contributed by atoms with Crippen molar-refractivity contribution in [2.45, 2.75) is 25.4 Å². The highest BCUT2D eigenvalue weighted by molar-refractivity contribution is 5.86. The number of nitrogens with one attached hydrogen (secondary N) is 1. The summed E-state index contributed by atoms with van der Waals surface area (Å²) >= 11 is 0. The number of benzene rings is 1. The lowest BCUT2D eigenvalue weighted by molar-refractivity contribution is -0.143. The molecule has 0 amide bonds. The second kappa shape index (κ2) is 5.59. The molecular formula is C19H15F3N2O2. The predicted octanol–water partition coefficient (Wildman–Crippen LogP) is 4.66. The van der Waals surface area contributed by atoms with Crippen molar-refractivity contribution in [1.29, 1.82) is 0 Å². The lowest BCUT2D eigenvalue weighted by atomic mass is 9.99. The molecule has 3 aromatic rings. The monoisotopic (exact) mass is 360 g/mol. The van der Waals surface area contributed by atoms with E-state index in [1.165, 1.54) is 6.07 Å². The Hall–Kier alpha value is -2.83. The molecule has 1 aliphatic rings. The van der Waals surface area contributed by atoms with Crippen LogP contribution < -0.4 is 0 Å². The number of pyridine rings is 1. The zero-order valence-electron chi connectivity index (χ0n) is 13.6. The Bertz CT molecular complexity index is 1000. The molecule has 1 aromatic carbocycles. The molecule has 4 nitrogen and oxygen atoms in total. The van der Waals surface area contributed by atoms with Crippen molar-refractivity contribution in [3.05, 3.63) is 53.9 Å². The first-order valence-corrected chi connectivity index (χ1v) is 8.16. The first-order chi connectivity index (χ1) is 12.3. The van der Waals surface area contributed by atoms with Crippen LogP contribution in [0.4, 0.5) is 13.2 Å². The Kier molecular flexibility index (Phi) is 3.57. The fourth-order valence-corrected chi connectivity index (χ4v) is 3.16. The highest BCUT2D eigenvalue weighted by Crippen LogP contribution is 2.48. The van der Waals surface area contributed by atoms with E-state index in [1.807, 2.05) is 0 Å². The molecule has 0 atom stereocenters. The van der Waals surface area contributed by atoms with Crippen molar-refractivity contribution in [1.82, 2.24) is 9.97 Å². The van der Waals surface area contributed by atoms with Crippen LogP contribution in [0.1, 0.15) is 24.1 Å². The zero-order chi connectivity index (χ0) is 18.5. The molecule has 0 spiro atoms. The summed E-state index contributed by atoms with van der Waals surface area (Å²) in [5.41, 5.74) is 0.949. The third-order valence-electron chi connectivity index (χ3n) is 4.89. The van der Waals surface area contributed by atoms with Gasteiger partial charge < -0.3 is 10.1 Å². The lowest BCUT2D eigenvalue weighted by Gasteiger charge is -2.08. The molecule has 4 rings (SSSR count). The van der Waals surface area contributed by atoms with Gasteiger partial charge in [0.2, 0.25) is 0 Å². The largest absolute Gasteiger partial charge is 0.481 e. The number of alkyl halides is 3. The second-order valence-corrected chi connectivity index (χ2v) is 6.79. The highest BCUT2D eigenvalue weighted by atomic mass is 19.4. The average Bonchev–Trinajstić information content (AvgIpc) is 3.25. The van der Waals surface area contributed by atoms with Gasteiger partial charge in [-0.05, 0) is 42.7 Å². The van der Waals surface area contributed by atoms with E-state index in [-0.39, 0.29) is 0 Å². The van der Waals surface area contributed by atoms with Gasteiger partial charge in [0, 0.05) is 23.2 Å². The number of carboxylic acids is 1. The normalized spacial score (nSPS) is 16.0. The molecule has 2 heterocycles. The Balaban J connectivity index is 1.67. The van der Waals surface area contributed by atoms with Crippen molar-refractivity contribution < 1.29 is 23.1 Å². The molecule has 1 fully saturated rings. The standard InChI is InChI=1S/C19H15F3N2O2/c20-19(21,22)13-3-1-2-11(6-13)15-8-12-7-14(23-10-16(12)24-15)9-18(4-5-18)17(25)26/h1-3,6-8,10,24H,4-5,9H2,(H,25,26). The van der Waals surface area contributed by atoms with E-state index in [0.717, 1.165) is 17.5 Å². The van der Waals surface area contributed by atoms with Gasteiger partial charge >= 0.3 is 12.1 Å². The lowest BCUT2D eigenvalue weighted by Crippen LogP contribution is -2.18. The molecule has 0 unspecified atom stereocenters. The quantitative estimate of drug-likeness (QED) is 0.711. The number of carboxylic acid groups (broad SMARTS) is 1. The van der Waals surface area contributed by atoms with E-state index >= 15 is 0 Å². The van der Waals surface area contributed by atoms with Gasteiger partial charge in [-0.2, -0.15) is 13.2 Å². The summed E-state index contributed by atoms with van der Waals surface area (Å²) in [5, 5.41) is 10.1. The number of rotatable bonds is 4. The molecule has 0 saturated heterocycles. The molecular weight excluding hydrogens is 345 g/mol. The van der Waals surface area contributed by atoms with Crippen molar-refractivity contribution >= 4 is 16.9 Å². The van der Waals surface area contributed by atoms with Crippen LogP contribution in [0.25, 0.3) is 22.2 Å². The second-order valence-electron chi connectivity index (χ2n) is 6.79. The van der Waals surface area contributed by atoms with Gasteiger partial charge in [0.15, 0.2) is 0 Å². The van der Waals surface area contributed by atoms with Gasteiger partial charge in [0.1, 0.15) is 0 Å². The Morgan fingerprint density at radius 3 is 2.65 bits per heavy atom. The molecule has 134 valence electrons. The van der Waals surface area contributed by atoms with Crippen LogP contribution in [0.2, 0.25) is 0 Å². The SMILES string of the molecule is O=C(O)C1(Cc2cc3cc(-c4cccc(C(F)(F)F)c4)[nH]c3cn2)CC1. The van der Waals surface area contributed by atoms with Crippen LogP contribution in [0, 0.1) is 5.41 Å². The summed E-state index contributed by atoms with van der Waals surface area (Å²) in [7, 11) is 0. The number of aliphatic carboxylic acids is 1. The summed E-state index contributed by atoms with van der Waals surface area (Å²) in [6.07, 6.45) is -1.15. The topological polar surface area (TPSA) is 66.0 Å².